The first-order valence-corrected chi connectivity index (χ1v) is 10.1. The second-order valence-electron chi connectivity index (χ2n) is 7.61. The summed E-state index contributed by atoms with van der Waals surface area (Å²) in [4.78, 5) is 17.2. The minimum atomic E-state index is -0.0576. The van der Waals surface area contributed by atoms with Gasteiger partial charge in [-0.2, -0.15) is 0 Å². The molecule has 1 atom stereocenters. The van der Waals surface area contributed by atoms with Crippen LogP contribution < -0.4 is 15.6 Å². The second-order valence-corrected chi connectivity index (χ2v) is 7.61. The molecule has 6 heteroatoms. The van der Waals surface area contributed by atoms with E-state index in [0.717, 1.165) is 48.4 Å². The summed E-state index contributed by atoms with van der Waals surface area (Å²) in [6.07, 6.45) is 2.75. The zero-order valence-electron chi connectivity index (χ0n) is 16.6. The molecule has 0 radical (unpaired) electrons. The molecule has 3 aromatic rings. The molecule has 0 unspecified atom stereocenters. The number of aliphatic hydroxyl groups is 1. The van der Waals surface area contributed by atoms with Gasteiger partial charge in [0.05, 0.1) is 6.61 Å². The maximum Gasteiger partial charge on any atom is 0.255 e. The van der Waals surface area contributed by atoms with Crippen LogP contribution in [0.15, 0.2) is 53.5 Å². The predicted molar refractivity (Wildman–Crippen MR) is 116 cm³/mol. The lowest BCUT2D eigenvalue weighted by atomic mass is 10.1. The monoisotopic (exact) mass is 393 g/mol. The Kier molecular flexibility index (Phi) is 5.83. The van der Waals surface area contributed by atoms with Crippen molar-refractivity contribution in [3.05, 3.63) is 70.1 Å². The smallest absolute Gasteiger partial charge is 0.255 e. The van der Waals surface area contributed by atoms with Gasteiger partial charge >= 0.3 is 0 Å². The summed E-state index contributed by atoms with van der Waals surface area (Å²) >= 11 is 0. The highest BCUT2D eigenvalue weighted by molar-refractivity contribution is 5.93. The number of aromatic amines is 1. The van der Waals surface area contributed by atoms with E-state index in [-0.39, 0.29) is 12.2 Å². The maximum absolute atomic E-state index is 12.0. The molecular weight excluding hydrogens is 366 g/mol. The first-order chi connectivity index (χ1) is 14.1. The fourth-order valence-corrected chi connectivity index (χ4v) is 3.97. The highest BCUT2D eigenvalue weighted by Crippen LogP contribution is 2.25. The molecular formula is C23H27N3O3. The fourth-order valence-electron chi connectivity index (χ4n) is 3.97. The van der Waals surface area contributed by atoms with Crippen LogP contribution >= 0.6 is 0 Å². The van der Waals surface area contributed by atoms with E-state index < -0.39 is 0 Å². The zero-order valence-corrected chi connectivity index (χ0v) is 16.6. The number of benzene rings is 2. The summed E-state index contributed by atoms with van der Waals surface area (Å²) in [6.45, 7) is 5.17. The number of nitrogens with one attached hydrogen (secondary N) is 2. The van der Waals surface area contributed by atoms with Crippen molar-refractivity contribution in [1.82, 2.24) is 9.88 Å². The Morgan fingerprint density at radius 3 is 3.00 bits per heavy atom. The minimum absolute atomic E-state index is 0.0170. The number of nitrogens with zero attached hydrogens (tertiary/aromatic N) is 1. The van der Waals surface area contributed by atoms with E-state index >= 15 is 0 Å². The van der Waals surface area contributed by atoms with E-state index in [1.54, 1.807) is 6.20 Å². The van der Waals surface area contributed by atoms with Gasteiger partial charge in [0.2, 0.25) is 0 Å². The van der Waals surface area contributed by atoms with Crippen molar-refractivity contribution in [2.45, 2.75) is 25.9 Å². The largest absolute Gasteiger partial charge is 0.491 e. The molecule has 3 N–H and O–H groups in total. The number of rotatable bonds is 7. The van der Waals surface area contributed by atoms with Gasteiger partial charge in [-0.1, -0.05) is 18.2 Å². The Balaban J connectivity index is 1.41. The summed E-state index contributed by atoms with van der Waals surface area (Å²) < 4.78 is 5.63. The SMILES string of the molecule is Cc1ccc(CN2CC[C@@H](Nc3cccc4c(=O)[nH]ccc34)C2)cc1OCCO. The molecule has 2 aromatic carbocycles. The molecule has 4 rings (SSSR count). The van der Waals surface area contributed by atoms with Gasteiger partial charge in [-0.3, -0.25) is 9.69 Å². The third-order valence-corrected chi connectivity index (χ3v) is 5.45. The summed E-state index contributed by atoms with van der Waals surface area (Å²) in [5.41, 5.74) is 3.24. The van der Waals surface area contributed by atoms with Crippen molar-refractivity contribution in [2.75, 3.05) is 31.6 Å². The number of fused-ring (bicyclic) bond motifs is 1. The van der Waals surface area contributed by atoms with Crippen LogP contribution in [-0.4, -0.2) is 47.3 Å². The van der Waals surface area contributed by atoms with Gasteiger partial charge in [0.15, 0.2) is 0 Å². The number of hydrogen-bond acceptors (Lipinski definition) is 5. The molecule has 2 heterocycles. The molecule has 1 aromatic heterocycles. The summed E-state index contributed by atoms with van der Waals surface area (Å²) in [5.74, 6) is 0.839. The van der Waals surface area contributed by atoms with E-state index in [4.69, 9.17) is 9.84 Å². The highest BCUT2D eigenvalue weighted by atomic mass is 16.5. The van der Waals surface area contributed by atoms with Gasteiger partial charge in [-0.05, 0) is 48.7 Å². The number of hydrogen-bond donors (Lipinski definition) is 3. The summed E-state index contributed by atoms with van der Waals surface area (Å²) in [7, 11) is 0. The van der Waals surface area contributed by atoms with Crippen LogP contribution in [-0.2, 0) is 6.54 Å². The van der Waals surface area contributed by atoms with Crippen LogP contribution in [0, 0.1) is 6.92 Å². The van der Waals surface area contributed by atoms with Crippen LogP contribution in [0.3, 0.4) is 0 Å². The van der Waals surface area contributed by atoms with E-state index in [1.165, 1.54) is 5.56 Å². The lowest BCUT2D eigenvalue weighted by Gasteiger charge is -2.19. The van der Waals surface area contributed by atoms with Crippen molar-refractivity contribution in [1.29, 1.82) is 0 Å². The van der Waals surface area contributed by atoms with Crippen molar-refractivity contribution >= 4 is 16.5 Å². The lowest BCUT2D eigenvalue weighted by Crippen LogP contribution is -2.26. The van der Waals surface area contributed by atoms with E-state index in [9.17, 15) is 4.79 Å². The molecule has 0 saturated carbocycles. The molecule has 0 bridgehead atoms. The van der Waals surface area contributed by atoms with Gasteiger partial charge in [-0.15, -0.1) is 0 Å². The van der Waals surface area contributed by atoms with Crippen molar-refractivity contribution in [3.63, 3.8) is 0 Å². The Hall–Kier alpha value is -2.83. The van der Waals surface area contributed by atoms with Crippen molar-refractivity contribution in [3.8, 4) is 5.75 Å². The number of H-pyrrole nitrogens is 1. The number of likely N-dealkylation sites (tertiary alicyclic amines) is 1. The van der Waals surface area contributed by atoms with E-state index in [0.29, 0.717) is 18.0 Å². The third kappa shape index (κ3) is 4.44. The normalized spacial score (nSPS) is 17.0. The standard InChI is InChI=1S/C23H27N3O3/c1-16-5-6-17(13-22(16)29-12-11-27)14-26-10-8-18(15-26)25-21-4-2-3-20-19(21)7-9-24-23(20)28/h2-7,9,13,18,25,27H,8,10-12,14-15H2,1H3,(H,24,28)/t18-/m1/s1. The molecule has 0 aliphatic carbocycles. The number of anilines is 1. The maximum atomic E-state index is 12.0. The van der Waals surface area contributed by atoms with Gasteiger partial charge in [0.25, 0.3) is 5.56 Å². The Morgan fingerprint density at radius 1 is 1.24 bits per heavy atom. The Bertz CT molecular complexity index is 1050. The lowest BCUT2D eigenvalue weighted by molar-refractivity contribution is 0.200. The number of aromatic nitrogens is 1. The molecule has 0 spiro atoms. The topological polar surface area (TPSA) is 77.6 Å². The molecule has 1 saturated heterocycles. The van der Waals surface area contributed by atoms with Gasteiger partial charge in [-0.25, -0.2) is 0 Å². The van der Waals surface area contributed by atoms with E-state index in [2.05, 4.69) is 33.4 Å². The minimum Gasteiger partial charge on any atom is -0.491 e. The number of pyridine rings is 1. The molecule has 1 fully saturated rings. The summed E-state index contributed by atoms with van der Waals surface area (Å²) in [6, 6.07) is 14.4. The van der Waals surface area contributed by atoms with Crippen LogP contribution in [0.25, 0.3) is 10.8 Å². The Morgan fingerprint density at radius 2 is 2.14 bits per heavy atom. The molecule has 1 aliphatic heterocycles. The quantitative estimate of drug-likeness (QED) is 0.575. The Labute approximate surface area is 170 Å². The number of aryl methyl sites for hydroxylation is 1. The van der Waals surface area contributed by atoms with Crippen LogP contribution in [0.2, 0.25) is 0 Å². The van der Waals surface area contributed by atoms with Crippen LogP contribution in [0.4, 0.5) is 5.69 Å². The van der Waals surface area contributed by atoms with E-state index in [1.807, 2.05) is 31.2 Å². The first-order valence-electron chi connectivity index (χ1n) is 10.1. The van der Waals surface area contributed by atoms with Gasteiger partial charge in [0, 0.05) is 48.3 Å². The summed E-state index contributed by atoms with van der Waals surface area (Å²) in [5, 5.41) is 14.3. The first kappa shape index (κ1) is 19.5. The molecule has 6 nitrogen and oxygen atoms in total. The third-order valence-electron chi connectivity index (χ3n) is 5.45. The molecule has 1 aliphatic rings. The number of aliphatic hydroxyl groups excluding tert-OH is 1. The average molecular weight is 393 g/mol. The molecule has 0 amide bonds. The number of ether oxygens (including phenoxy) is 1. The molecule has 152 valence electrons. The fraction of sp³-hybridized carbons (Fsp3) is 0.348. The van der Waals surface area contributed by atoms with Crippen LogP contribution in [0.1, 0.15) is 17.5 Å². The zero-order chi connectivity index (χ0) is 20.2. The highest BCUT2D eigenvalue weighted by Gasteiger charge is 2.23. The van der Waals surface area contributed by atoms with Crippen molar-refractivity contribution < 1.29 is 9.84 Å². The van der Waals surface area contributed by atoms with Crippen LogP contribution in [0.5, 0.6) is 5.75 Å². The second kappa shape index (κ2) is 8.68. The van der Waals surface area contributed by atoms with Gasteiger partial charge in [0.1, 0.15) is 12.4 Å². The molecule has 29 heavy (non-hydrogen) atoms. The van der Waals surface area contributed by atoms with Crippen molar-refractivity contribution in [2.24, 2.45) is 0 Å². The predicted octanol–water partition coefficient (Wildman–Crippen LogP) is 2.89. The average Bonchev–Trinajstić information content (AvgIpc) is 3.16. The van der Waals surface area contributed by atoms with Gasteiger partial charge < -0.3 is 20.1 Å².